The van der Waals surface area contributed by atoms with Gasteiger partial charge in [0.15, 0.2) is 0 Å². The van der Waals surface area contributed by atoms with Gasteiger partial charge in [0, 0.05) is 42.5 Å². The Kier molecular flexibility index (Phi) is 6.84. The average Bonchev–Trinajstić information content (AvgIpc) is 3.04. The lowest BCUT2D eigenvalue weighted by Crippen LogP contribution is -2.43. The average molecular weight is 490 g/mol. The molecule has 0 atom stereocenters. The third kappa shape index (κ3) is 5.54. The minimum atomic E-state index is -4.23. The Morgan fingerprint density at radius 1 is 1.14 bits per heavy atom. The van der Waals surface area contributed by atoms with E-state index in [1.54, 1.807) is 6.20 Å². The number of benzene rings is 1. The zero-order chi connectivity index (χ0) is 24.4. The summed E-state index contributed by atoms with van der Waals surface area (Å²) in [6, 6.07) is 9.69. The Balaban J connectivity index is 1.38. The Morgan fingerprint density at radius 2 is 1.91 bits per heavy atom. The molecule has 0 radical (unpaired) electrons. The fraction of sp³-hybridized carbons (Fsp3) is 0.520. The fourth-order valence-corrected chi connectivity index (χ4v) is 5.15. The number of nitrogens with one attached hydrogen (secondary N) is 2. The van der Waals surface area contributed by atoms with Crippen LogP contribution in [0.1, 0.15) is 31.2 Å². The molecule has 7 nitrogen and oxygen atoms in total. The van der Waals surface area contributed by atoms with E-state index in [1.807, 2.05) is 35.2 Å². The molecule has 1 aromatic carbocycles. The number of pyridine rings is 1. The van der Waals surface area contributed by atoms with Crippen LogP contribution in [-0.4, -0.2) is 56.0 Å². The third-order valence-corrected chi connectivity index (χ3v) is 7.05. The number of rotatable bonds is 4. The van der Waals surface area contributed by atoms with Crippen LogP contribution in [0, 0.1) is 5.92 Å². The lowest BCUT2D eigenvalue weighted by atomic mass is 9.85. The number of fused-ring (bicyclic) bond motifs is 2. The van der Waals surface area contributed by atoms with Gasteiger partial charge in [-0.25, -0.2) is 4.98 Å². The number of nitrogens with zero attached hydrogens (tertiary/aromatic N) is 3. The molecular formula is C25H30F3N5O2. The highest BCUT2D eigenvalue weighted by atomic mass is 19.4. The minimum absolute atomic E-state index is 0.0122. The summed E-state index contributed by atoms with van der Waals surface area (Å²) in [5, 5.41) is 5.99. The van der Waals surface area contributed by atoms with Crippen molar-refractivity contribution in [3.05, 3.63) is 42.1 Å². The van der Waals surface area contributed by atoms with Crippen molar-refractivity contribution in [2.45, 2.75) is 44.4 Å². The van der Waals surface area contributed by atoms with Gasteiger partial charge in [-0.3, -0.25) is 4.79 Å². The van der Waals surface area contributed by atoms with E-state index in [4.69, 9.17) is 4.74 Å². The first kappa shape index (κ1) is 23.9. The maximum absolute atomic E-state index is 13.8. The molecular weight excluding hydrogens is 459 g/mol. The van der Waals surface area contributed by atoms with Crippen LogP contribution in [0.2, 0.25) is 0 Å². The molecule has 2 aromatic rings. The summed E-state index contributed by atoms with van der Waals surface area (Å²) in [5.74, 6) is 0.512. The van der Waals surface area contributed by atoms with Crippen molar-refractivity contribution in [2.75, 3.05) is 48.0 Å². The highest BCUT2D eigenvalue weighted by Gasteiger charge is 2.34. The molecule has 3 aliphatic rings. The van der Waals surface area contributed by atoms with Crippen LogP contribution in [0.25, 0.3) is 0 Å². The number of aromatic nitrogens is 1. The van der Waals surface area contributed by atoms with E-state index in [1.165, 1.54) is 0 Å². The first-order chi connectivity index (χ1) is 16.9. The highest BCUT2D eigenvalue weighted by Crippen LogP contribution is 2.39. The molecule has 1 amide bonds. The standard InChI is InChI=1S/C25H30F3N5O2/c26-25(27,28)16-30-19-5-3-17(4-6-19)24(34)33-15-18-2-1-9-29-23(18)31-21-8-7-20(14-22(21)33)32-10-12-35-13-11-32/h1-2,7-9,14,17,19,30H,3-6,10-13,15-16H2,(H,29,31). The largest absolute Gasteiger partial charge is 0.401 e. The summed E-state index contributed by atoms with van der Waals surface area (Å²) >= 11 is 0. The van der Waals surface area contributed by atoms with Crippen molar-refractivity contribution in [2.24, 2.45) is 5.92 Å². The maximum atomic E-state index is 13.8. The van der Waals surface area contributed by atoms with Gasteiger partial charge >= 0.3 is 6.18 Å². The summed E-state index contributed by atoms with van der Waals surface area (Å²) in [6.45, 7) is 2.31. The zero-order valence-electron chi connectivity index (χ0n) is 19.5. The van der Waals surface area contributed by atoms with E-state index in [0.29, 0.717) is 45.4 Å². The van der Waals surface area contributed by atoms with Crippen molar-refractivity contribution in [3.8, 4) is 0 Å². The molecule has 2 fully saturated rings. The van der Waals surface area contributed by atoms with E-state index in [2.05, 4.69) is 20.5 Å². The molecule has 2 N–H and O–H groups in total. The Morgan fingerprint density at radius 3 is 2.66 bits per heavy atom. The number of hydrogen-bond donors (Lipinski definition) is 2. The molecule has 0 bridgehead atoms. The first-order valence-electron chi connectivity index (χ1n) is 12.2. The van der Waals surface area contributed by atoms with Gasteiger partial charge in [0.25, 0.3) is 0 Å². The van der Waals surface area contributed by atoms with Crippen molar-refractivity contribution in [1.82, 2.24) is 10.3 Å². The quantitative estimate of drug-likeness (QED) is 0.671. The SMILES string of the molecule is O=C(C1CCC(NCC(F)(F)F)CC1)N1Cc2cccnc2Nc2ccc(N3CCOCC3)cc21. The molecule has 5 rings (SSSR count). The lowest BCUT2D eigenvalue weighted by molar-refractivity contribution is -0.128. The van der Waals surface area contributed by atoms with E-state index < -0.39 is 12.7 Å². The second kappa shape index (κ2) is 10.0. The highest BCUT2D eigenvalue weighted by molar-refractivity contribution is 6.00. The van der Waals surface area contributed by atoms with Gasteiger partial charge in [0.1, 0.15) is 5.82 Å². The van der Waals surface area contributed by atoms with Crippen LogP contribution in [0.3, 0.4) is 0 Å². The summed E-state index contributed by atoms with van der Waals surface area (Å²) in [7, 11) is 0. The number of amides is 1. The second-order valence-corrected chi connectivity index (χ2v) is 9.41. The van der Waals surface area contributed by atoms with Crippen molar-refractivity contribution in [3.63, 3.8) is 0 Å². The van der Waals surface area contributed by atoms with Gasteiger partial charge in [0.05, 0.1) is 37.7 Å². The normalized spacial score (nSPS) is 22.6. The Hall–Kier alpha value is -2.85. The molecule has 10 heteroatoms. The molecule has 3 heterocycles. The van der Waals surface area contributed by atoms with Crippen molar-refractivity contribution < 1.29 is 22.7 Å². The van der Waals surface area contributed by atoms with Crippen LogP contribution in [0.4, 0.5) is 36.1 Å². The fourth-order valence-electron chi connectivity index (χ4n) is 5.15. The molecule has 188 valence electrons. The predicted molar refractivity (Wildman–Crippen MR) is 128 cm³/mol. The number of hydrogen-bond acceptors (Lipinski definition) is 6. The van der Waals surface area contributed by atoms with Gasteiger partial charge in [0.2, 0.25) is 5.91 Å². The second-order valence-electron chi connectivity index (χ2n) is 9.41. The number of morpholine rings is 1. The van der Waals surface area contributed by atoms with E-state index >= 15 is 0 Å². The van der Waals surface area contributed by atoms with Gasteiger partial charge < -0.3 is 25.2 Å². The third-order valence-electron chi connectivity index (χ3n) is 7.05. The molecule has 1 aromatic heterocycles. The summed E-state index contributed by atoms with van der Waals surface area (Å²) in [5.41, 5.74) is 3.57. The van der Waals surface area contributed by atoms with Crippen LogP contribution < -0.4 is 20.4 Å². The smallest absolute Gasteiger partial charge is 0.378 e. The van der Waals surface area contributed by atoms with Gasteiger partial charge in [-0.15, -0.1) is 0 Å². The number of alkyl halides is 3. The van der Waals surface area contributed by atoms with Crippen molar-refractivity contribution >= 4 is 28.8 Å². The van der Waals surface area contributed by atoms with Crippen LogP contribution >= 0.6 is 0 Å². The maximum Gasteiger partial charge on any atom is 0.401 e. The van der Waals surface area contributed by atoms with Crippen LogP contribution in [0.15, 0.2) is 36.5 Å². The van der Waals surface area contributed by atoms with Crippen molar-refractivity contribution in [1.29, 1.82) is 0 Å². The molecule has 1 saturated heterocycles. The summed E-state index contributed by atoms with van der Waals surface area (Å²) < 4.78 is 43.2. The number of halogens is 3. The van der Waals surface area contributed by atoms with E-state index in [0.717, 1.165) is 41.5 Å². The molecule has 2 aliphatic heterocycles. The first-order valence-corrected chi connectivity index (χ1v) is 12.2. The Labute approximate surface area is 202 Å². The van der Waals surface area contributed by atoms with Gasteiger partial charge in [-0.1, -0.05) is 6.07 Å². The van der Waals surface area contributed by atoms with Crippen LogP contribution in [0.5, 0.6) is 0 Å². The topological polar surface area (TPSA) is 69.7 Å². The predicted octanol–water partition coefficient (Wildman–Crippen LogP) is 4.22. The molecule has 35 heavy (non-hydrogen) atoms. The molecule has 0 spiro atoms. The minimum Gasteiger partial charge on any atom is -0.378 e. The molecule has 1 saturated carbocycles. The summed E-state index contributed by atoms with van der Waals surface area (Å²) in [6.07, 6.45) is -0.266. The lowest BCUT2D eigenvalue weighted by Gasteiger charge is -2.34. The van der Waals surface area contributed by atoms with Gasteiger partial charge in [-0.05, 0) is 49.9 Å². The van der Waals surface area contributed by atoms with Crippen LogP contribution in [-0.2, 0) is 16.1 Å². The van der Waals surface area contributed by atoms with E-state index in [9.17, 15) is 18.0 Å². The number of ether oxygens (including phenoxy) is 1. The number of anilines is 4. The number of carbonyl (C=O) groups excluding carboxylic acids is 1. The Bertz CT molecular complexity index is 1050. The van der Waals surface area contributed by atoms with Gasteiger partial charge in [-0.2, -0.15) is 13.2 Å². The molecule has 1 aliphatic carbocycles. The molecule has 0 unspecified atom stereocenters. The zero-order valence-corrected chi connectivity index (χ0v) is 19.5. The monoisotopic (exact) mass is 489 g/mol. The van der Waals surface area contributed by atoms with E-state index in [-0.39, 0.29) is 17.9 Å². The number of carbonyl (C=O) groups is 1. The summed E-state index contributed by atoms with van der Waals surface area (Å²) in [4.78, 5) is 22.4.